The van der Waals surface area contributed by atoms with Crippen LogP contribution in [0.15, 0.2) is 36.0 Å². The largest absolute Gasteiger partial charge is 0.347 e. The van der Waals surface area contributed by atoms with Gasteiger partial charge in [-0.05, 0) is 31.7 Å². The van der Waals surface area contributed by atoms with E-state index in [4.69, 9.17) is 0 Å². The summed E-state index contributed by atoms with van der Waals surface area (Å²) in [6, 6.07) is 2.06. The molecule has 0 saturated heterocycles. The van der Waals surface area contributed by atoms with E-state index in [0.717, 1.165) is 30.8 Å². The van der Waals surface area contributed by atoms with Crippen molar-refractivity contribution in [3.8, 4) is 0 Å². The first-order valence-electron chi connectivity index (χ1n) is 7.44. The molecule has 0 aliphatic heterocycles. The molecule has 0 unspecified atom stereocenters. The van der Waals surface area contributed by atoms with Crippen molar-refractivity contribution < 1.29 is 4.79 Å². The Bertz CT molecular complexity index is 622. The molecule has 2 aromatic heterocycles. The van der Waals surface area contributed by atoms with Gasteiger partial charge in [0.15, 0.2) is 11.0 Å². The van der Waals surface area contributed by atoms with Crippen molar-refractivity contribution in [2.24, 2.45) is 7.05 Å². The van der Waals surface area contributed by atoms with E-state index in [1.165, 1.54) is 0 Å². The lowest BCUT2D eigenvalue weighted by atomic mass is 9.95. The van der Waals surface area contributed by atoms with E-state index < -0.39 is 0 Å². The molecule has 0 atom stereocenters. The first kappa shape index (κ1) is 15.0. The Morgan fingerprint density at radius 3 is 2.55 bits per heavy atom. The number of aryl methyl sites for hydroxylation is 1. The van der Waals surface area contributed by atoms with Crippen molar-refractivity contribution in [3.05, 3.63) is 36.7 Å². The number of thioether (sulfide) groups is 1. The average Bonchev–Trinajstić information content (AvgIpc) is 2.96. The number of hydrogen-bond donors (Lipinski definition) is 1. The highest BCUT2D eigenvalue weighted by Crippen LogP contribution is 2.31. The van der Waals surface area contributed by atoms with Crippen molar-refractivity contribution in [1.29, 1.82) is 0 Å². The molecule has 7 heteroatoms. The fraction of sp³-hybridized carbons (Fsp3) is 0.467. The van der Waals surface area contributed by atoms with Gasteiger partial charge in [-0.3, -0.25) is 4.79 Å². The average molecular weight is 317 g/mol. The number of carbonyl (C=O) groups excluding carboxylic acids is 1. The molecule has 1 saturated carbocycles. The smallest absolute Gasteiger partial charge is 0.287 e. The van der Waals surface area contributed by atoms with Crippen molar-refractivity contribution in [1.82, 2.24) is 24.8 Å². The zero-order chi connectivity index (χ0) is 15.4. The maximum absolute atomic E-state index is 12.1. The van der Waals surface area contributed by atoms with Crippen LogP contribution in [0.2, 0.25) is 0 Å². The van der Waals surface area contributed by atoms with Crippen molar-refractivity contribution in [2.75, 3.05) is 0 Å². The molecule has 0 spiro atoms. The Morgan fingerprint density at radius 2 is 1.91 bits per heavy atom. The Kier molecular flexibility index (Phi) is 4.72. The molecule has 1 aliphatic carbocycles. The lowest BCUT2D eigenvalue weighted by molar-refractivity contribution is 0.0914. The number of aromatic nitrogens is 4. The monoisotopic (exact) mass is 317 g/mol. The molecular formula is C15H19N5OS. The molecule has 1 fully saturated rings. The SMILES string of the molecule is Cn1ccnc1C(=O)NC1CCC(Sc2ncccn2)CC1. The lowest BCUT2D eigenvalue weighted by Crippen LogP contribution is -2.39. The van der Waals surface area contributed by atoms with Crippen LogP contribution in [0.3, 0.4) is 0 Å². The third-order valence-electron chi connectivity index (χ3n) is 3.85. The summed E-state index contributed by atoms with van der Waals surface area (Å²) in [4.78, 5) is 24.7. The fourth-order valence-corrected chi connectivity index (χ4v) is 3.70. The first-order chi connectivity index (χ1) is 10.7. The minimum Gasteiger partial charge on any atom is -0.347 e. The summed E-state index contributed by atoms with van der Waals surface area (Å²) < 4.78 is 1.74. The van der Waals surface area contributed by atoms with Gasteiger partial charge in [0, 0.05) is 43.1 Å². The van der Waals surface area contributed by atoms with Crippen molar-refractivity contribution >= 4 is 17.7 Å². The van der Waals surface area contributed by atoms with Crippen LogP contribution in [0.25, 0.3) is 0 Å². The van der Waals surface area contributed by atoms with Gasteiger partial charge in [0.25, 0.3) is 5.91 Å². The highest BCUT2D eigenvalue weighted by atomic mass is 32.2. The predicted molar refractivity (Wildman–Crippen MR) is 84.6 cm³/mol. The zero-order valence-corrected chi connectivity index (χ0v) is 13.3. The van der Waals surface area contributed by atoms with E-state index in [2.05, 4.69) is 20.3 Å². The number of amides is 1. The topological polar surface area (TPSA) is 72.7 Å². The van der Waals surface area contributed by atoms with Gasteiger partial charge < -0.3 is 9.88 Å². The highest BCUT2D eigenvalue weighted by molar-refractivity contribution is 7.99. The van der Waals surface area contributed by atoms with Gasteiger partial charge in [0.1, 0.15) is 0 Å². The van der Waals surface area contributed by atoms with Crippen LogP contribution in [0.5, 0.6) is 0 Å². The van der Waals surface area contributed by atoms with Gasteiger partial charge in [-0.1, -0.05) is 11.8 Å². The van der Waals surface area contributed by atoms with Gasteiger partial charge in [-0.25, -0.2) is 15.0 Å². The molecular weight excluding hydrogens is 298 g/mol. The van der Waals surface area contributed by atoms with Crippen LogP contribution < -0.4 is 5.32 Å². The third-order valence-corrected chi connectivity index (χ3v) is 5.07. The molecule has 6 nitrogen and oxygen atoms in total. The van der Waals surface area contributed by atoms with E-state index in [0.29, 0.717) is 11.1 Å². The zero-order valence-electron chi connectivity index (χ0n) is 12.5. The van der Waals surface area contributed by atoms with Gasteiger partial charge in [0.05, 0.1) is 0 Å². The van der Waals surface area contributed by atoms with Gasteiger partial charge in [-0.2, -0.15) is 0 Å². The number of carbonyl (C=O) groups is 1. The number of hydrogen-bond acceptors (Lipinski definition) is 5. The van der Waals surface area contributed by atoms with Crippen LogP contribution in [0.1, 0.15) is 36.3 Å². The van der Waals surface area contributed by atoms with Crippen LogP contribution in [-0.2, 0) is 7.05 Å². The van der Waals surface area contributed by atoms with Gasteiger partial charge >= 0.3 is 0 Å². The van der Waals surface area contributed by atoms with Gasteiger partial charge in [-0.15, -0.1) is 0 Å². The second-order valence-corrected chi connectivity index (χ2v) is 6.73. The van der Waals surface area contributed by atoms with Crippen LogP contribution >= 0.6 is 11.8 Å². The third kappa shape index (κ3) is 3.65. The molecule has 3 rings (SSSR count). The molecule has 1 aliphatic rings. The van der Waals surface area contributed by atoms with E-state index >= 15 is 0 Å². The normalized spacial score (nSPS) is 21.5. The Hall–Kier alpha value is -1.89. The fourth-order valence-electron chi connectivity index (χ4n) is 2.65. The standard InChI is InChI=1S/C15H19N5OS/c1-20-10-9-16-13(20)14(21)19-11-3-5-12(6-4-11)22-15-17-7-2-8-18-15/h2,7-12H,3-6H2,1H3,(H,19,21). The van der Waals surface area contributed by atoms with E-state index in [-0.39, 0.29) is 11.9 Å². The molecule has 22 heavy (non-hydrogen) atoms. The molecule has 1 N–H and O–H groups in total. The quantitative estimate of drug-likeness (QED) is 0.874. The molecule has 2 aromatic rings. The maximum atomic E-state index is 12.1. The Balaban J connectivity index is 1.48. The van der Waals surface area contributed by atoms with Crippen LogP contribution in [-0.4, -0.2) is 36.7 Å². The summed E-state index contributed by atoms with van der Waals surface area (Å²) in [5.41, 5.74) is 0. The molecule has 0 aromatic carbocycles. The maximum Gasteiger partial charge on any atom is 0.287 e. The molecule has 1 amide bonds. The summed E-state index contributed by atoms with van der Waals surface area (Å²) in [5.74, 6) is 0.379. The summed E-state index contributed by atoms with van der Waals surface area (Å²) >= 11 is 1.73. The minimum atomic E-state index is -0.0880. The summed E-state index contributed by atoms with van der Waals surface area (Å²) in [7, 11) is 1.83. The summed E-state index contributed by atoms with van der Waals surface area (Å²) in [5, 5.41) is 4.45. The number of imidazole rings is 1. The van der Waals surface area contributed by atoms with Crippen LogP contribution in [0.4, 0.5) is 0 Å². The Labute approximate surface area is 133 Å². The number of nitrogens with one attached hydrogen (secondary N) is 1. The summed E-state index contributed by atoms with van der Waals surface area (Å²) in [6.07, 6.45) is 11.1. The summed E-state index contributed by atoms with van der Waals surface area (Å²) in [6.45, 7) is 0. The molecule has 0 bridgehead atoms. The second-order valence-electron chi connectivity index (χ2n) is 5.46. The van der Waals surface area contributed by atoms with E-state index in [1.807, 2.05) is 13.1 Å². The van der Waals surface area contributed by atoms with Crippen LogP contribution in [0, 0.1) is 0 Å². The molecule has 116 valence electrons. The van der Waals surface area contributed by atoms with Crippen molar-refractivity contribution in [3.63, 3.8) is 0 Å². The molecule has 2 heterocycles. The Morgan fingerprint density at radius 1 is 1.18 bits per heavy atom. The lowest BCUT2D eigenvalue weighted by Gasteiger charge is -2.28. The highest BCUT2D eigenvalue weighted by Gasteiger charge is 2.24. The first-order valence-corrected chi connectivity index (χ1v) is 8.32. The number of nitrogens with zero attached hydrogens (tertiary/aromatic N) is 4. The van der Waals surface area contributed by atoms with Gasteiger partial charge in [0.2, 0.25) is 0 Å². The molecule has 0 radical (unpaired) electrons. The van der Waals surface area contributed by atoms with E-state index in [1.54, 1.807) is 41.1 Å². The number of rotatable bonds is 4. The predicted octanol–water partition coefficient (Wildman–Crippen LogP) is 2.04. The van der Waals surface area contributed by atoms with E-state index in [9.17, 15) is 4.79 Å². The second kappa shape index (κ2) is 6.91. The minimum absolute atomic E-state index is 0.0880. The van der Waals surface area contributed by atoms with Crippen molar-refractivity contribution in [2.45, 2.75) is 42.1 Å².